The van der Waals surface area contributed by atoms with E-state index < -0.39 is 46.4 Å². The van der Waals surface area contributed by atoms with E-state index in [9.17, 15) is 24.3 Å². The molecule has 0 fully saturated rings. The molecule has 20 heavy (non-hydrogen) atoms. The van der Waals surface area contributed by atoms with E-state index in [1.165, 1.54) is 18.2 Å². The molecule has 0 aliphatic rings. The Bertz CT molecular complexity index is 536. The molecule has 0 bridgehead atoms. The number of nitrogens with zero attached hydrogens (tertiary/aromatic N) is 1. The lowest BCUT2D eigenvalue weighted by Crippen LogP contribution is -2.42. The summed E-state index contributed by atoms with van der Waals surface area (Å²) in [7, 11) is 0. The quantitative estimate of drug-likeness (QED) is 0.365. The van der Waals surface area contributed by atoms with E-state index in [0.29, 0.717) is 0 Å². The van der Waals surface area contributed by atoms with Crippen LogP contribution in [0.1, 0.15) is 6.42 Å². The molecule has 0 aromatic heterocycles. The molecule has 1 aromatic rings. The van der Waals surface area contributed by atoms with Crippen LogP contribution in [-0.4, -0.2) is 37.7 Å². The molecule has 1 aromatic carbocycles. The van der Waals surface area contributed by atoms with E-state index in [-0.39, 0.29) is 4.90 Å². The normalized spacial score (nSPS) is 13.4. The lowest BCUT2D eigenvalue weighted by atomic mass is 10.2. The first kappa shape index (κ1) is 15.9. The van der Waals surface area contributed by atoms with Crippen molar-refractivity contribution in [2.45, 2.75) is 17.4 Å². The minimum Gasteiger partial charge on any atom is -0.593 e. The fraction of sp³-hybridized carbons (Fsp3) is 0.200. The maximum absolute atomic E-state index is 11.9. The van der Waals surface area contributed by atoms with E-state index in [4.69, 9.17) is 10.2 Å². The molecule has 10 heteroatoms. The van der Waals surface area contributed by atoms with Crippen LogP contribution in [0.3, 0.4) is 0 Å². The molecule has 0 radical (unpaired) electrons. The van der Waals surface area contributed by atoms with Crippen molar-refractivity contribution in [2.75, 3.05) is 0 Å². The van der Waals surface area contributed by atoms with Gasteiger partial charge in [-0.15, -0.1) is 4.72 Å². The molecule has 0 spiro atoms. The number of para-hydroxylation sites is 1. The van der Waals surface area contributed by atoms with Crippen molar-refractivity contribution in [3.05, 3.63) is 34.4 Å². The number of hydrogen-bond donors (Lipinski definition) is 3. The summed E-state index contributed by atoms with van der Waals surface area (Å²) in [5, 5.41) is 28.1. The monoisotopic (exact) mass is 302 g/mol. The summed E-state index contributed by atoms with van der Waals surface area (Å²) in [6, 6.07) is 3.45. The standard InChI is InChI=1S/C10H10N2O7S/c13-9(14)5-6(10(15)16)11-20(19)8-4-2-1-3-7(8)12(17)18/h1-4,6,11H,5H2,(H,13,14)(H,15,16)/t6-,20?/m0/s1. The number of carboxylic acids is 2. The zero-order chi connectivity index (χ0) is 15.3. The molecule has 2 atom stereocenters. The maximum atomic E-state index is 11.9. The van der Waals surface area contributed by atoms with E-state index in [1.807, 2.05) is 4.72 Å². The summed E-state index contributed by atoms with van der Waals surface area (Å²) in [4.78, 5) is 31.1. The predicted molar refractivity (Wildman–Crippen MR) is 66.3 cm³/mol. The molecule has 108 valence electrons. The Morgan fingerprint density at radius 1 is 1.35 bits per heavy atom. The van der Waals surface area contributed by atoms with E-state index >= 15 is 0 Å². The number of carboxylic acid groups (broad SMARTS) is 2. The van der Waals surface area contributed by atoms with Crippen LogP contribution in [0.2, 0.25) is 0 Å². The average Bonchev–Trinajstić information content (AvgIpc) is 2.37. The van der Waals surface area contributed by atoms with Crippen molar-refractivity contribution in [1.82, 2.24) is 4.72 Å². The van der Waals surface area contributed by atoms with Gasteiger partial charge in [-0.3, -0.25) is 19.7 Å². The van der Waals surface area contributed by atoms with Gasteiger partial charge in [0.15, 0.2) is 6.04 Å². The molecule has 0 aliphatic heterocycles. The number of rotatable bonds is 7. The maximum Gasteiger partial charge on any atom is 0.325 e. The van der Waals surface area contributed by atoms with Crippen molar-refractivity contribution >= 4 is 29.0 Å². The highest BCUT2D eigenvalue weighted by molar-refractivity contribution is 7.89. The number of benzene rings is 1. The Labute approximate surface area is 115 Å². The summed E-state index contributed by atoms with van der Waals surface area (Å²) < 4.78 is 14.0. The summed E-state index contributed by atoms with van der Waals surface area (Å²) in [6.45, 7) is 0. The van der Waals surface area contributed by atoms with Gasteiger partial charge < -0.3 is 14.8 Å². The van der Waals surface area contributed by atoms with Gasteiger partial charge in [0, 0.05) is 12.1 Å². The van der Waals surface area contributed by atoms with Gasteiger partial charge in [-0.25, -0.2) is 0 Å². The molecule has 1 rings (SSSR count). The molecule has 0 aliphatic carbocycles. The lowest BCUT2D eigenvalue weighted by molar-refractivity contribution is -0.387. The highest BCUT2D eigenvalue weighted by Crippen LogP contribution is 2.23. The van der Waals surface area contributed by atoms with Crippen LogP contribution in [-0.2, 0) is 21.0 Å². The predicted octanol–water partition coefficient (Wildman–Crippen LogP) is 0.135. The van der Waals surface area contributed by atoms with Gasteiger partial charge in [-0.1, -0.05) is 12.1 Å². The lowest BCUT2D eigenvalue weighted by Gasteiger charge is -2.15. The molecule has 0 amide bonds. The second-order valence-electron chi connectivity index (χ2n) is 3.60. The fourth-order valence-electron chi connectivity index (χ4n) is 1.31. The first-order valence-corrected chi connectivity index (χ1v) is 6.34. The van der Waals surface area contributed by atoms with Crippen molar-refractivity contribution in [3.8, 4) is 0 Å². The summed E-state index contributed by atoms with van der Waals surface area (Å²) in [5.74, 6) is -2.91. The van der Waals surface area contributed by atoms with Crippen molar-refractivity contribution in [1.29, 1.82) is 0 Å². The van der Waals surface area contributed by atoms with Crippen molar-refractivity contribution in [3.63, 3.8) is 0 Å². The highest BCUT2D eigenvalue weighted by Gasteiger charge is 2.31. The molecular formula is C10H10N2O7S. The third-order valence-electron chi connectivity index (χ3n) is 2.19. The Kier molecular flexibility index (Phi) is 5.43. The van der Waals surface area contributed by atoms with Crippen molar-refractivity contribution in [2.24, 2.45) is 0 Å². The average molecular weight is 302 g/mol. The SMILES string of the molecule is O=C(O)C[C@H](N[S+]([O-])c1ccccc1[N+](=O)[O-])C(=O)O. The van der Waals surface area contributed by atoms with E-state index in [2.05, 4.69) is 0 Å². The molecule has 1 unspecified atom stereocenters. The zero-order valence-corrected chi connectivity index (χ0v) is 10.7. The Hall–Kier alpha value is -2.17. The van der Waals surface area contributed by atoms with Gasteiger partial charge in [0.2, 0.25) is 0 Å². The van der Waals surface area contributed by atoms with Crippen LogP contribution >= 0.6 is 0 Å². The minimum absolute atomic E-state index is 0.228. The second kappa shape index (κ2) is 6.84. The van der Waals surface area contributed by atoms with Crippen LogP contribution in [0.25, 0.3) is 0 Å². The summed E-state index contributed by atoms with van der Waals surface area (Å²) >= 11 is -2.22. The number of hydrogen-bond acceptors (Lipinski definition) is 6. The van der Waals surface area contributed by atoms with Crippen LogP contribution in [0.15, 0.2) is 29.2 Å². The topological polar surface area (TPSA) is 153 Å². The third-order valence-corrected chi connectivity index (χ3v) is 3.43. The van der Waals surface area contributed by atoms with Gasteiger partial charge in [0.1, 0.15) is 0 Å². The van der Waals surface area contributed by atoms with Crippen molar-refractivity contribution < 1.29 is 29.3 Å². The van der Waals surface area contributed by atoms with Gasteiger partial charge in [-0.05, 0) is 0 Å². The number of carbonyl (C=O) groups is 2. The van der Waals surface area contributed by atoms with Crippen LogP contribution in [0, 0.1) is 10.1 Å². The van der Waals surface area contributed by atoms with Gasteiger partial charge in [-0.2, -0.15) is 0 Å². The highest BCUT2D eigenvalue weighted by atomic mass is 32.2. The first-order chi connectivity index (χ1) is 9.32. The Morgan fingerprint density at radius 3 is 2.45 bits per heavy atom. The van der Waals surface area contributed by atoms with Gasteiger partial charge in [0.05, 0.1) is 22.7 Å². The Morgan fingerprint density at radius 2 is 1.95 bits per heavy atom. The van der Waals surface area contributed by atoms with Gasteiger partial charge in [0.25, 0.3) is 4.90 Å². The summed E-state index contributed by atoms with van der Waals surface area (Å²) in [6.07, 6.45) is -0.804. The molecule has 3 N–H and O–H groups in total. The third kappa shape index (κ3) is 4.19. The van der Waals surface area contributed by atoms with Crippen LogP contribution < -0.4 is 4.72 Å². The van der Waals surface area contributed by atoms with E-state index in [0.717, 1.165) is 6.07 Å². The largest absolute Gasteiger partial charge is 0.593 e. The van der Waals surface area contributed by atoms with E-state index in [1.54, 1.807) is 0 Å². The smallest absolute Gasteiger partial charge is 0.325 e. The molecule has 0 saturated heterocycles. The first-order valence-electron chi connectivity index (χ1n) is 5.19. The molecule has 0 heterocycles. The molecule has 9 nitrogen and oxygen atoms in total. The number of aliphatic carboxylic acids is 2. The van der Waals surface area contributed by atoms with Crippen LogP contribution in [0.4, 0.5) is 5.69 Å². The number of nitro benzene ring substituents is 1. The fourth-order valence-corrected chi connectivity index (χ4v) is 2.42. The number of nitrogens with one attached hydrogen (secondary N) is 1. The Balaban J connectivity index is 2.94. The minimum atomic E-state index is -2.22. The zero-order valence-electron chi connectivity index (χ0n) is 9.88. The number of nitro groups is 1. The summed E-state index contributed by atoms with van der Waals surface area (Å²) in [5.41, 5.74) is -0.446. The second-order valence-corrected chi connectivity index (χ2v) is 4.81. The molecule has 0 saturated carbocycles. The van der Waals surface area contributed by atoms with Gasteiger partial charge >= 0.3 is 17.6 Å². The molecular weight excluding hydrogens is 292 g/mol. The van der Waals surface area contributed by atoms with Crippen LogP contribution in [0.5, 0.6) is 0 Å².